The largest absolute Gasteiger partial charge is 0.318 e. The van der Waals surface area contributed by atoms with Crippen LogP contribution in [0.5, 0.6) is 0 Å². The van der Waals surface area contributed by atoms with E-state index >= 15 is 0 Å². The summed E-state index contributed by atoms with van der Waals surface area (Å²) in [5.41, 5.74) is 3.53. The van der Waals surface area contributed by atoms with Crippen LogP contribution in [0.15, 0.2) is 48.5 Å². The van der Waals surface area contributed by atoms with Gasteiger partial charge in [-0.25, -0.2) is 0 Å². The fourth-order valence-corrected chi connectivity index (χ4v) is 2.62. The van der Waals surface area contributed by atoms with Crippen molar-refractivity contribution in [3.05, 3.63) is 59.7 Å². The molecule has 25 heavy (non-hydrogen) atoms. The number of hydrogen-bond donors (Lipinski definition) is 2. The first-order chi connectivity index (χ1) is 12.0. The third-order valence-corrected chi connectivity index (χ3v) is 4.07. The number of hydrogen-bond acceptors (Lipinski definition) is 2. The van der Waals surface area contributed by atoms with Gasteiger partial charge >= 0.3 is 11.8 Å². The molecule has 2 N–H and O–H groups in total. The van der Waals surface area contributed by atoms with Gasteiger partial charge in [0.2, 0.25) is 0 Å². The summed E-state index contributed by atoms with van der Waals surface area (Å²) in [7, 11) is 0. The zero-order chi connectivity index (χ0) is 18.2. The van der Waals surface area contributed by atoms with Crippen LogP contribution in [0.1, 0.15) is 50.7 Å². The first-order valence-corrected chi connectivity index (χ1v) is 8.81. The van der Waals surface area contributed by atoms with Crippen LogP contribution >= 0.6 is 0 Å². The monoisotopic (exact) mass is 338 g/mol. The molecule has 4 heteroatoms. The van der Waals surface area contributed by atoms with Crippen molar-refractivity contribution in [3.8, 4) is 0 Å². The van der Waals surface area contributed by atoms with Crippen LogP contribution in [0.2, 0.25) is 0 Å². The van der Waals surface area contributed by atoms with E-state index in [9.17, 15) is 9.59 Å². The van der Waals surface area contributed by atoms with E-state index in [-0.39, 0.29) is 5.92 Å². The topological polar surface area (TPSA) is 58.2 Å². The highest BCUT2D eigenvalue weighted by Gasteiger charge is 2.16. The Bertz CT molecular complexity index is 721. The summed E-state index contributed by atoms with van der Waals surface area (Å²) in [5, 5.41) is 5.34. The second-order valence-electron chi connectivity index (χ2n) is 6.45. The molecule has 2 aromatic carbocycles. The number of benzene rings is 2. The van der Waals surface area contributed by atoms with Crippen LogP contribution in [-0.4, -0.2) is 11.8 Å². The van der Waals surface area contributed by atoms with E-state index < -0.39 is 11.8 Å². The van der Waals surface area contributed by atoms with Gasteiger partial charge in [0.1, 0.15) is 0 Å². The van der Waals surface area contributed by atoms with Gasteiger partial charge in [-0.15, -0.1) is 0 Å². The number of aryl methyl sites for hydroxylation is 1. The lowest BCUT2D eigenvalue weighted by Gasteiger charge is -2.13. The molecular weight excluding hydrogens is 312 g/mol. The van der Waals surface area contributed by atoms with E-state index in [0.29, 0.717) is 11.4 Å². The first kappa shape index (κ1) is 18.7. The summed E-state index contributed by atoms with van der Waals surface area (Å²) in [5.74, 6) is -1.07. The molecule has 0 aliphatic rings. The number of carbonyl (C=O) groups excluding carboxylic acids is 2. The minimum Gasteiger partial charge on any atom is -0.318 e. The maximum atomic E-state index is 12.2. The Hall–Kier alpha value is -2.62. The fourth-order valence-electron chi connectivity index (χ4n) is 2.62. The summed E-state index contributed by atoms with van der Waals surface area (Å²) < 4.78 is 0. The van der Waals surface area contributed by atoms with Crippen LogP contribution in [0, 0.1) is 0 Å². The summed E-state index contributed by atoms with van der Waals surface area (Å²) in [6.45, 7) is 6.25. The highest BCUT2D eigenvalue weighted by molar-refractivity contribution is 6.43. The molecule has 0 aliphatic heterocycles. The van der Waals surface area contributed by atoms with Crippen molar-refractivity contribution in [1.29, 1.82) is 0 Å². The summed E-state index contributed by atoms with van der Waals surface area (Å²) in [4.78, 5) is 24.3. The maximum Gasteiger partial charge on any atom is 0.314 e. The van der Waals surface area contributed by atoms with Crippen molar-refractivity contribution in [3.63, 3.8) is 0 Å². The third-order valence-electron chi connectivity index (χ3n) is 4.07. The Morgan fingerprint density at radius 3 is 2.20 bits per heavy atom. The fraction of sp³-hybridized carbons (Fsp3) is 0.333. The quantitative estimate of drug-likeness (QED) is 0.748. The van der Waals surface area contributed by atoms with Crippen molar-refractivity contribution < 1.29 is 9.59 Å². The Kier molecular flexibility index (Phi) is 6.75. The SMILES string of the molecule is CCCCc1ccc(NC(=O)C(=O)Nc2ccccc2C(C)C)cc1. The number of rotatable bonds is 6. The molecule has 0 bridgehead atoms. The number of unbranched alkanes of at least 4 members (excludes halogenated alkanes) is 1. The van der Waals surface area contributed by atoms with Gasteiger partial charge in [-0.1, -0.05) is 57.5 Å². The molecule has 4 nitrogen and oxygen atoms in total. The van der Waals surface area contributed by atoms with Gasteiger partial charge in [0.25, 0.3) is 0 Å². The van der Waals surface area contributed by atoms with Crippen molar-refractivity contribution in [2.24, 2.45) is 0 Å². The van der Waals surface area contributed by atoms with E-state index in [1.54, 1.807) is 0 Å². The van der Waals surface area contributed by atoms with Gasteiger partial charge in [-0.2, -0.15) is 0 Å². The Labute approximate surface area is 149 Å². The highest BCUT2D eigenvalue weighted by atomic mass is 16.2. The van der Waals surface area contributed by atoms with Crippen LogP contribution in [-0.2, 0) is 16.0 Å². The molecule has 2 amide bonds. The number of nitrogens with one attached hydrogen (secondary N) is 2. The summed E-state index contributed by atoms with van der Waals surface area (Å²) >= 11 is 0. The van der Waals surface area contributed by atoms with Crippen molar-refractivity contribution >= 4 is 23.2 Å². The zero-order valence-corrected chi connectivity index (χ0v) is 15.1. The molecule has 0 aliphatic carbocycles. The third kappa shape index (κ3) is 5.45. The van der Waals surface area contributed by atoms with Gasteiger partial charge in [-0.3, -0.25) is 9.59 Å². The minimum absolute atomic E-state index is 0.259. The number of para-hydroxylation sites is 1. The molecule has 132 valence electrons. The van der Waals surface area contributed by atoms with E-state index in [4.69, 9.17) is 0 Å². The van der Waals surface area contributed by atoms with Crippen LogP contribution in [0.25, 0.3) is 0 Å². The average molecular weight is 338 g/mol. The van der Waals surface area contributed by atoms with Gasteiger partial charge in [0.05, 0.1) is 0 Å². The lowest BCUT2D eigenvalue weighted by molar-refractivity contribution is -0.133. The lowest BCUT2D eigenvalue weighted by atomic mass is 10.0. The molecule has 0 aromatic heterocycles. The molecule has 0 saturated heterocycles. The van der Waals surface area contributed by atoms with Crippen LogP contribution < -0.4 is 10.6 Å². The number of carbonyl (C=O) groups is 2. The van der Waals surface area contributed by atoms with Crippen molar-refractivity contribution in [2.75, 3.05) is 10.6 Å². The molecule has 0 atom stereocenters. The number of anilines is 2. The maximum absolute atomic E-state index is 12.2. The average Bonchev–Trinajstić information content (AvgIpc) is 2.61. The van der Waals surface area contributed by atoms with Gasteiger partial charge < -0.3 is 10.6 Å². The molecule has 0 fully saturated rings. The molecule has 2 rings (SSSR count). The smallest absolute Gasteiger partial charge is 0.314 e. The predicted molar refractivity (Wildman–Crippen MR) is 103 cm³/mol. The molecule has 0 heterocycles. The van der Waals surface area contributed by atoms with E-state index in [1.165, 1.54) is 5.56 Å². The zero-order valence-electron chi connectivity index (χ0n) is 15.1. The van der Waals surface area contributed by atoms with Crippen LogP contribution in [0.3, 0.4) is 0 Å². The Morgan fingerprint density at radius 2 is 1.56 bits per heavy atom. The second-order valence-corrected chi connectivity index (χ2v) is 6.45. The van der Waals surface area contributed by atoms with Gasteiger partial charge in [0.15, 0.2) is 0 Å². The normalized spacial score (nSPS) is 10.6. The molecule has 0 unspecified atom stereocenters. The summed E-state index contributed by atoms with van der Waals surface area (Å²) in [6.07, 6.45) is 3.32. The molecular formula is C21H26N2O2. The Balaban J connectivity index is 1.98. The van der Waals surface area contributed by atoms with Crippen molar-refractivity contribution in [1.82, 2.24) is 0 Å². The van der Waals surface area contributed by atoms with Gasteiger partial charge in [-0.05, 0) is 48.1 Å². The standard InChI is InChI=1S/C21H26N2O2/c1-4-5-8-16-11-13-17(14-12-16)22-20(24)21(25)23-19-10-7-6-9-18(19)15(2)3/h6-7,9-15H,4-5,8H2,1-3H3,(H,22,24)(H,23,25). The number of amides is 2. The summed E-state index contributed by atoms with van der Waals surface area (Å²) in [6, 6.07) is 15.2. The van der Waals surface area contributed by atoms with Gasteiger partial charge in [0, 0.05) is 11.4 Å². The molecule has 0 spiro atoms. The van der Waals surface area contributed by atoms with E-state index in [2.05, 4.69) is 17.6 Å². The lowest BCUT2D eigenvalue weighted by Crippen LogP contribution is -2.29. The predicted octanol–water partition coefficient (Wildman–Crippen LogP) is 4.73. The molecule has 2 aromatic rings. The van der Waals surface area contributed by atoms with E-state index in [1.807, 2.05) is 62.4 Å². The van der Waals surface area contributed by atoms with Crippen LogP contribution in [0.4, 0.5) is 11.4 Å². The minimum atomic E-state index is -0.667. The van der Waals surface area contributed by atoms with E-state index in [0.717, 1.165) is 24.8 Å². The second kappa shape index (κ2) is 9.02. The molecule has 0 saturated carbocycles. The van der Waals surface area contributed by atoms with Crippen molar-refractivity contribution in [2.45, 2.75) is 46.0 Å². The molecule has 0 radical (unpaired) electrons. The highest BCUT2D eigenvalue weighted by Crippen LogP contribution is 2.23. The first-order valence-electron chi connectivity index (χ1n) is 8.81. The Morgan fingerprint density at radius 1 is 0.920 bits per heavy atom.